The zero-order chi connectivity index (χ0) is 13.0. The molecule has 1 aromatic rings. The van der Waals surface area contributed by atoms with Gasteiger partial charge in [-0.1, -0.05) is 30.9 Å². The SMILES string of the molecule is O=C(NCC1(CO)CCCCC1)c1cc(Cl)c[nH]1. The number of aromatic nitrogens is 1. The van der Waals surface area contributed by atoms with Crippen LogP contribution in [0.3, 0.4) is 0 Å². The second kappa shape index (κ2) is 5.76. The molecule has 0 aliphatic heterocycles. The lowest BCUT2D eigenvalue weighted by atomic mass is 9.74. The molecule has 0 radical (unpaired) electrons. The van der Waals surface area contributed by atoms with Gasteiger partial charge in [0.2, 0.25) is 0 Å². The van der Waals surface area contributed by atoms with E-state index >= 15 is 0 Å². The third-order valence-corrected chi connectivity index (χ3v) is 3.98. The van der Waals surface area contributed by atoms with E-state index in [0.29, 0.717) is 17.3 Å². The molecule has 3 N–H and O–H groups in total. The molecular formula is C13H19ClN2O2. The van der Waals surface area contributed by atoms with Crippen molar-refractivity contribution in [3.05, 3.63) is 23.0 Å². The van der Waals surface area contributed by atoms with Crippen molar-refractivity contribution >= 4 is 17.5 Å². The zero-order valence-corrected chi connectivity index (χ0v) is 11.1. The second-order valence-corrected chi connectivity index (χ2v) is 5.57. The molecule has 2 rings (SSSR count). The number of H-pyrrole nitrogens is 1. The molecule has 1 fully saturated rings. The number of amides is 1. The molecule has 0 aromatic carbocycles. The molecule has 0 unspecified atom stereocenters. The van der Waals surface area contributed by atoms with E-state index in [1.54, 1.807) is 12.3 Å². The molecular weight excluding hydrogens is 252 g/mol. The summed E-state index contributed by atoms with van der Waals surface area (Å²) in [5, 5.41) is 13.0. The number of aliphatic hydroxyl groups is 1. The van der Waals surface area contributed by atoms with Crippen molar-refractivity contribution in [3.8, 4) is 0 Å². The Balaban J connectivity index is 1.91. The van der Waals surface area contributed by atoms with Crippen molar-refractivity contribution in [2.45, 2.75) is 32.1 Å². The van der Waals surface area contributed by atoms with Gasteiger partial charge in [0.25, 0.3) is 5.91 Å². The van der Waals surface area contributed by atoms with Gasteiger partial charge in [-0.2, -0.15) is 0 Å². The molecule has 1 aliphatic rings. The highest BCUT2D eigenvalue weighted by Crippen LogP contribution is 2.35. The van der Waals surface area contributed by atoms with Gasteiger partial charge in [-0.3, -0.25) is 4.79 Å². The molecule has 0 bridgehead atoms. The highest BCUT2D eigenvalue weighted by molar-refractivity contribution is 6.30. The molecule has 1 aromatic heterocycles. The summed E-state index contributed by atoms with van der Waals surface area (Å²) in [6, 6.07) is 1.60. The van der Waals surface area contributed by atoms with Crippen LogP contribution in [0.4, 0.5) is 0 Å². The number of aliphatic hydroxyl groups excluding tert-OH is 1. The van der Waals surface area contributed by atoms with Gasteiger partial charge < -0.3 is 15.4 Å². The van der Waals surface area contributed by atoms with Crippen LogP contribution in [0.5, 0.6) is 0 Å². The van der Waals surface area contributed by atoms with Crippen molar-refractivity contribution in [3.63, 3.8) is 0 Å². The van der Waals surface area contributed by atoms with E-state index in [4.69, 9.17) is 11.6 Å². The Morgan fingerprint density at radius 3 is 2.72 bits per heavy atom. The lowest BCUT2D eigenvalue weighted by molar-refractivity contribution is 0.0716. The second-order valence-electron chi connectivity index (χ2n) is 5.13. The first-order valence-electron chi connectivity index (χ1n) is 6.38. The van der Waals surface area contributed by atoms with Gasteiger partial charge in [0.05, 0.1) is 11.6 Å². The van der Waals surface area contributed by atoms with Crippen LogP contribution >= 0.6 is 11.6 Å². The van der Waals surface area contributed by atoms with E-state index in [9.17, 15) is 9.90 Å². The third-order valence-electron chi connectivity index (χ3n) is 3.77. The minimum atomic E-state index is -0.166. The number of halogens is 1. The summed E-state index contributed by atoms with van der Waals surface area (Å²) in [4.78, 5) is 14.7. The quantitative estimate of drug-likeness (QED) is 0.786. The monoisotopic (exact) mass is 270 g/mol. The fraction of sp³-hybridized carbons (Fsp3) is 0.615. The summed E-state index contributed by atoms with van der Waals surface area (Å²) in [5.41, 5.74) is 0.327. The fourth-order valence-corrected chi connectivity index (χ4v) is 2.72. The molecule has 4 nitrogen and oxygen atoms in total. The summed E-state index contributed by atoms with van der Waals surface area (Å²) in [6.07, 6.45) is 7.03. The normalized spacial score (nSPS) is 18.6. The van der Waals surface area contributed by atoms with Crippen LogP contribution in [0.1, 0.15) is 42.6 Å². The number of hydrogen-bond acceptors (Lipinski definition) is 2. The minimum Gasteiger partial charge on any atom is -0.396 e. The van der Waals surface area contributed by atoms with Crippen molar-refractivity contribution in [2.75, 3.05) is 13.2 Å². The van der Waals surface area contributed by atoms with Crippen LogP contribution in [0, 0.1) is 5.41 Å². The fourth-order valence-electron chi connectivity index (χ4n) is 2.55. The lowest BCUT2D eigenvalue weighted by Gasteiger charge is -2.35. The Labute approximate surface area is 112 Å². The number of carbonyl (C=O) groups excluding carboxylic acids is 1. The summed E-state index contributed by atoms with van der Waals surface area (Å²) >= 11 is 5.76. The summed E-state index contributed by atoms with van der Waals surface area (Å²) in [7, 11) is 0. The van der Waals surface area contributed by atoms with Crippen molar-refractivity contribution < 1.29 is 9.90 Å². The van der Waals surface area contributed by atoms with Gasteiger partial charge in [0.15, 0.2) is 0 Å². The smallest absolute Gasteiger partial charge is 0.267 e. The summed E-state index contributed by atoms with van der Waals surface area (Å²) < 4.78 is 0. The van der Waals surface area contributed by atoms with E-state index in [1.165, 1.54) is 6.42 Å². The van der Waals surface area contributed by atoms with E-state index in [-0.39, 0.29) is 17.9 Å². The first-order chi connectivity index (χ1) is 8.65. The Kier molecular flexibility index (Phi) is 4.30. The van der Waals surface area contributed by atoms with Gasteiger partial charge in [-0.25, -0.2) is 0 Å². The van der Waals surface area contributed by atoms with Crippen LogP contribution in [0.15, 0.2) is 12.3 Å². The van der Waals surface area contributed by atoms with Crippen molar-refractivity contribution in [1.82, 2.24) is 10.3 Å². The minimum absolute atomic E-state index is 0.135. The van der Waals surface area contributed by atoms with Gasteiger partial charge in [0, 0.05) is 18.2 Å². The van der Waals surface area contributed by atoms with Crippen LogP contribution in [0.2, 0.25) is 5.02 Å². The van der Waals surface area contributed by atoms with Crippen LogP contribution in [-0.4, -0.2) is 29.1 Å². The summed E-state index contributed by atoms with van der Waals surface area (Å²) in [5.74, 6) is -0.166. The molecule has 0 saturated heterocycles. The maximum atomic E-state index is 11.9. The first-order valence-corrected chi connectivity index (χ1v) is 6.76. The van der Waals surface area contributed by atoms with Gasteiger partial charge >= 0.3 is 0 Å². The van der Waals surface area contributed by atoms with Gasteiger partial charge in [-0.15, -0.1) is 0 Å². The number of carbonyl (C=O) groups is 1. The average molecular weight is 271 g/mol. The van der Waals surface area contributed by atoms with E-state index in [0.717, 1.165) is 25.7 Å². The topological polar surface area (TPSA) is 65.1 Å². The molecule has 0 atom stereocenters. The Morgan fingerprint density at radius 2 is 2.17 bits per heavy atom. The molecule has 1 aliphatic carbocycles. The number of nitrogens with one attached hydrogen (secondary N) is 2. The predicted molar refractivity (Wildman–Crippen MR) is 70.7 cm³/mol. The van der Waals surface area contributed by atoms with Gasteiger partial charge in [0.1, 0.15) is 5.69 Å². The number of hydrogen-bond donors (Lipinski definition) is 3. The molecule has 1 heterocycles. The standard InChI is InChI=1S/C13H19ClN2O2/c14-10-6-11(15-7-10)12(18)16-8-13(9-17)4-2-1-3-5-13/h6-7,15,17H,1-5,8-9H2,(H,16,18). The highest BCUT2D eigenvalue weighted by Gasteiger charge is 2.31. The van der Waals surface area contributed by atoms with E-state index in [2.05, 4.69) is 10.3 Å². The van der Waals surface area contributed by atoms with Crippen molar-refractivity contribution in [1.29, 1.82) is 0 Å². The van der Waals surface area contributed by atoms with Crippen LogP contribution in [-0.2, 0) is 0 Å². The molecule has 0 spiro atoms. The molecule has 100 valence electrons. The van der Waals surface area contributed by atoms with E-state index < -0.39 is 0 Å². The first kappa shape index (κ1) is 13.4. The highest BCUT2D eigenvalue weighted by atomic mass is 35.5. The Hall–Kier alpha value is -1.00. The largest absolute Gasteiger partial charge is 0.396 e. The number of rotatable bonds is 4. The maximum Gasteiger partial charge on any atom is 0.267 e. The zero-order valence-electron chi connectivity index (χ0n) is 10.3. The third kappa shape index (κ3) is 3.06. The maximum absolute atomic E-state index is 11.9. The van der Waals surface area contributed by atoms with Crippen LogP contribution < -0.4 is 5.32 Å². The summed E-state index contributed by atoms with van der Waals surface area (Å²) in [6.45, 7) is 0.664. The molecule has 1 saturated carbocycles. The van der Waals surface area contributed by atoms with Crippen LogP contribution in [0.25, 0.3) is 0 Å². The number of aromatic amines is 1. The lowest BCUT2D eigenvalue weighted by Crippen LogP contribution is -2.41. The molecule has 5 heteroatoms. The Bertz CT molecular complexity index is 411. The molecule has 18 heavy (non-hydrogen) atoms. The Morgan fingerprint density at radius 1 is 1.44 bits per heavy atom. The molecule has 1 amide bonds. The predicted octanol–water partition coefficient (Wildman–Crippen LogP) is 2.34. The van der Waals surface area contributed by atoms with Crippen molar-refractivity contribution in [2.24, 2.45) is 5.41 Å². The van der Waals surface area contributed by atoms with E-state index in [1.807, 2.05) is 0 Å². The average Bonchev–Trinajstić information content (AvgIpc) is 2.84. The van der Waals surface area contributed by atoms with Gasteiger partial charge in [-0.05, 0) is 18.9 Å².